The predicted molar refractivity (Wildman–Crippen MR) is 65.0 cm³/mol. The second-order valence-electron chi connectivity index (χ2n) is 3.81. The summed E-state index contributed by atoms with van der Waals surface area (Å²) in [5.41, 5.74) is 0.478. The van der Waals surface area contributed by atoms with Crippen molar-refractivity contribution in [3.63, 3.8) is 0 Å². The number of aromatic nitrogens is 3. The minimum Gasteiger partial charge on any atom is -0.313 e. The van der Waals surface area contributed by atoms with E-state index < -0.39 is 11.2 Å². The second-order valence-corrected chi connectivity index (χ2v) is 3.81. The number of hydrogen-bond donors (Lipinski definition) is 2. The van der Waals surface area contributed by atoms with Gasteiger partial charge >= 0.3 is 5.69 Å². The van der Waals surface area contributed by atoms with Crippen LogP contribution < -0.4 is 16.6 Å². The molecule has 0 radical (unpaired) electrons. The normalized spacial score (nSPS) is 10.9. The number of rotatable bonds is 3. The molecular weight excluding hydrogens is 220 g/mol. The third-order valence-electron chi connectivity index (χ3n) is 2.59. The lowest BCUT2D eigenvalue weighted by molar-refractivity contribution is 0.724. The van der Waals surface area contributed by atoms with Crippen molar-refractivity contribution in [1.29, 1.82) is 0 Å². The van der Waals surface area contributed by atoms with Gasteiger partial charge in [-0.3, -0.25) is 14.3 Å². The van der Waals surface area contributed by atoms with E-state index in [2.05, 4.69) is 15.3 Å². The molecule has 0 saturated carbocycles. The summed E-state index contributed by atoms with van der Waals surface area (Å²) in [5.74, 6) is 0. The molecule has 2 aromatic heterocycles. The van der Waals surface area contributed by atoms with Gasteiger partial charge in [0.25, 0.3) is 5.56 Å². The molecule has 0 unspecified atom stereocenters. The molecule has 90 valence electrons. The topological polar surface area (TPSA) is 79.8 Å². The Hall–Kier alpha value is -1.95. The first-order valence-electron chi connectivity index (χ1n) is 5.42. The van der Waals surface area contributed by atoms with E-state index in [0.29, 0.717) is 17.6 Å². The maximum absolute atomic E-state index is 11.6. The SMILES string of the molecule is CCNCc1cnc2c(c1)c(=O)[nH]c(=O)n2C. The van der Waals surface area contributed by atoms with Crippen LogP contribution in [-0.4, -0.2) is 21.1 Å². The van der Waals surface area contributed by atoms with E-state index in [1.165, 1.54) is 4.57 Å². The van der Waals surface area contributed by atoms with E-state index in [-0.39, 0.29) is 0 Å². The van der Waals surface area contributed by atoms with Crippen molar-refractivity contribution in [2.45, 2.75) is 13.5 Å². The molecule has 0 fully saturated rings. The third kappa shape index (κ3) is 2.12. The molecule has 6 heteroatoms. The largest absolute Gasteiger partial charge is 0.329 e. The van der Waals surface area contributed by atoms with Crippen LogP contribution in [0.3, 0.4) is 0 Å². The minimum absolute atomic E-state index is 0.394. The lowest BCUT2D eigenvalue weighted by Crippen LogP contribution is -2.29. The van der Waals surface area contributed by atoms with Crippen molar-refractivity contribution in [2.75, 3.05) is 6.54 Å². The van der Waals surface area contributed by atoms with E-state index in [9.17, 15) is 9.59 Å². The highest BCUT2D eigenvalue weighted by atomic mass is 16.2. The fraction of sp³-hybridized carbons (Fsp3) is 0.364. The Morgan fingerprint density at radius 1 is 1.47 bits per heavy atom. The molecule has 2 N–H and O–H groups in total. The summed E-state index contributed by atoms with van der Waals surface area (Å²) in [5, 5.41) is 3.59. The number of nitrogens with zero attached hydrogens (tertiary/aromatic N) is 2. The van der Waals surface area contributed by atoms with Crippen LogP contribution in [0.2, 0.25) is 0 Å². The first-order valence-corrected chi connectivity index (χ1v) is 5.42. The molecule has 0 atom stereocenters. The van der Waals surface area contributed by atoms with E-state index in [1.54, 1.807) is 19.3 Å². The van der Waals surface area contributed by atoms with E-state index in [4.69, 9.17) is 0 Å². The molecular formula is C11H14N4O2. The van der Waals surface area contributed by atoms with Crippen molar-refractivity contribution in [3.05, 3.63) is 38.7 Å². The average molecular weight is 234 g/mol. The lowest BCUT2D eigenvalue weighted by atomic mass is 10.2. The molecule has 0 aromatic carbocycles. The van der Waals surface area contributed by atoms with Gasteiger partial charge in [0.15, 0.2) is 0 Å². The zero-order valence-electron chi connectivity index (χ0n) is 9.78. The Kier molecular flexibility index (Phi) is 3.06. The number of fused-ring (bicyclic) bond motifs is 1. The lowest BCUT2D eigenvalue weighted by Gasteiger charge is -2.05. The fourth-order valence-corrected chi connectivity index (χ4v) is 1.65. The number of aromatic amines is 1. The molecule has 0 aliphatic rings. The van der Waals surface area contributed by atoms with Gasteiger partial charge in [-0.25, -0.2) is 9.78 Å². The number of aryl methyl sites for hydroxylation is 1. The summed E-state index contributed by atoms with van der Waals surface area (Å²) in [6.45, 7) is 3.51. The summed E-state index contributed by atoms with van der Waals surface area (Å²) in [4.78, 5) is 29.4. The Morgan fingerprint density at radius 2 is 2.24 bits per heavy atom. The van der Waals surface area contributed by atoms with Crippen LogP contribution in [0.4, 0.5) is 0 Å². The molecule has 2 heterocycles. The average Bonchev–Trinajstić information content (AvgIpc) is 2.33. The Labute approximate surface area is 97.3 Å². The molecule has 0 aliphatic heterocycles. The Balaban J connectivity index is 2.62. The van der Waals surface area contributed by atoms with Gasteiger partial charge < -0.3 is 5.32 Å². The maximum Gasteiger partial charge on any atom is 0.329 e. The van der Waals surface area contributed by atoms with Crippen molar-refractivity contribution in [1.82, 2.24) is 19.9 Å². The fourth-order valence-electron chi connectivity index (χ4n) is 1.65. The zero-order valence-corrected chi connectivity index (χ0v) is 9.78. The summed E-state index contributed by atoms with van der Waals surface area (Å²) < 4.78 is 1.33. The van der Waals surface area contributed by atoms with Crippen LogP contribution in [0.5, 0.6) is 0 Å². The van der Waals surface area contributed by atoms with Gasteiger partial charge in [0, 0.05) is 19.8 Å². The number of nitrogens with one attached hydrogen (secondary N) is 2. The highest BCUT2D eigenvalue weighted by Gasteiger charge is 2.06. The Morgan fingerprint density at radius 3 is 2.94 bits per heavy atom. The van der Waals surface area contributed by atoms with Gasteiger partial charge in [-0.1, -0.05) is 6.92 Å². The van der Waals surface area contributed by atoms with Crippen molar-refractivity contribution in [3.8, 4) is 0 Å². The third-order valence-corrected chi connectivity index (χ3v) is 2.59. The van der Waals surface area contributed by atoms with Crippen molar-refractivity contribution in [2.24, 2.45) is 7.05 Å². The van der Waals surface area contributed by atoms with Crippen LogP contribution in [0.25, 0.3) is 11.0 Å². The highest BCUT2D eigenvalue weighted by Crippen LogP contribution is 2.06. The standard InChI is InChI=1S/C11H14N4O2/c1-3-12-5-7-4-8-9(13-6-7)15(2)11(17)14-10(8)16/h4,6,12H,3,5H2,1-2H3,(H,14,16,17). The number of pyridine rings is 1. The minimum atomic E-state index is -0.450. The molecule has 2 rings (SSSR count). The zero-order chi connectivity index (χ0) is 12.4. The molecule has 2 aromatic rings. The van der Waals surface area contributed by atoms with E-state index in [1.807, 2.05) is 6.92 Å². The molecule has 0 saturated heterocycles. The predicted octanol–water partition coefficient (Wildman–Crippen LogP) is -0.269. The monoisotopic (exact) mass is 234 g/mol. The van der Waals surface area contributed by atoms with Crippen LogP contribution in [-0.2, 0) is 13.6 Å². The molecule has 0 aliphatic carbocycles. The molecule has 0 bridgehead atoms. The van der Waals surface area contributed by atoms with E-state index in [0.717, 1.165) is 12.1 Å². The van der Waals surface area contributed by atoms with Crippen LogP contribution >= 0.6 is 0 Å². The summed E-state index contributed by atoms with van der Waals surface area (Å²) in [6, 6.07) is 1.75. The second kappa shape index (κ2) is 4.50. The molecule has 0 amide bonds. The molecule has 0 spiro atoms. The summed E-state index contributed by atoms with van der Waals surface area (Å²) in [7, 11) is 1.58. The van der Waals surface area contributed by atoms with Crippen molar-refractivity contribution < 1.29 is 0 Å². The smallest absolute Gasteiger partial charge is 0.313 e. The quantitative estimate of drug-likeness (QED) is 0.766. The summed E-state index contributed by atoms with van der Waals surface area (Å²) in [6.07, 6.45) is 1.67. The maximum atomic E-state index is 11.6. The summed E-state index contributed by atoms with van der Waals surface area (Å²) >= 11 is 0. The van der Waals surface area contributed by atoms with Crippen molar-refractivity contribution >= 4 is 11.0 Å². The first-order chi connectivity index (χ1) is 8.13. The van der Waals surface area contributed by atoms with Gasteiger partial charge in [-0.05, 0) is 18.2 Å². The van der Waals surface area contributed by atoms with Crippen LogP contribution in [0, 0.1) is 0 Å². The number of hydrogen-bond acceptors (Lipinski definition) is 4. The van der Waals surface area contributed by atoms with Gasteiger partial charge in [-0.15, -0.1) is 0 Å². The van der Waals surface area contributed by atoms with Gasteiger partial charge in [0.2, 0.25) is 0 Å². The van der Waals surface area contributed by atoms with Crippen LogP contribution in [0.15, 0.2) is 21.9 Å². The van der Waals surface area contributed by atoms with Crippen LogP contribution in [0.1, 0.15) is 12.5 Å². The number of H-pyrrole nitrogens is 1. The Bertz CT molecular complexity index is 657. The van der Waals surface area contributed by atoms with E-state index >= 15 is 0 Å². The van der Waals surface area contributed by atoms with Gasteiger partial charge in [0.05, 0.1) is 5.39 Å². The first kappa shape index (κ1) is 11.5. The van der Waals surface area contributed by atoms with Gasteiger partial charge in [0.1, 0.15) is 5.65 Å². The highest BCUT2D eigenvalue weighted by molar-refractivity contribution is 5.74. The molecule has 17 heavy (non-hydrogen) atoms. The van der Waals surface area contributed by atoms with Gasteiger partial charge in [-0.2, -0.15) is 0 Å². The molecule has 6 nitrogen and oxygen atoms in total.